The molecule has 0 unspecified atom stereocenters. The quantitative estimate of drug-likeness (QED) is 0.755. The van der Waals surface area contributed by atoms with Crippen LogP contribution in [0.15, 0.2) is 30.6 Å². The Kier molecular flexibility index (Phi) is 3.42. The summed E-state index contributed by atoms with van der Waals surface area (Å²) < 4.78 is 0. The van der Waals surface area contributed by atoms with Gasteiger partial charge in [0.05, 0.1) is 5.56 Å². The van der Waals surface area contributed by atoms with Gasteiger partial charge in [-0.05, 0) is 17.5 Å². The van der Waals surface area contributed by atoms with Crippen molar-refractivity contribution in [1.82, 2.24) is 9.97 Å². The molecule has 1 aromatic carbocycles. The number of aryl methyl sites for hydroxylation is 1. The zero-order valence-corrected chi connectivity index (χ0v) is 10.3. The summed E-state index contributed by atoms with van der Waals surface area (Å²) in [6.07, 6.45) is 2.36. The van der Waals surface area contributed by atoms with Crippen molar-refractivity contribution in [2.45, 2.75) is 13.3 Å². The first kappa shape index (κ1) is 11.4. The van der Waals surface area contributed by atoms with Crippen molar-refractivity contribution in [2.75, 3.05) is 0 Å². The van der Waals surface area contributed by atoms with Gasteiger partial charge in [0.25, 0.3) is 0 Å². The molecule has 82 valence electrons. The first-order chi connectivity index (χ1) is 7.72. The second-order valence-corrected chi connectivity index (χ2v) is 4.10. The van der Waals surface area contributed by atoms with E-state index in [1.807, 2.05) is 12.1 Å². The normalized spacial score (nSPS) is 10.4. The van der Waals surface area contributed by atoms with Gasteiger partial charge in [0.15, 0.2) is 0 Å². The molecule has 2 nitrogen and oxygen atoms in total. The summed E-state index contributed by atoms with van der Waals surface area (Å²) in [6, 6.07) is 8.06. The standard InChI is InChI=1S/C12H10Cl2N2/c1-2-8-3-5-9(6-4-8)10-11(13)15-7-16-12(10)14/h3-7H,2H2,1H3. The minimum absolute atomic E-state index is 0.379. The third-order valence-electron chi connectivity index (χ3n) is 2.41. The molecule has 2 aromatic rings. The third kappa shape index (κ3) is 2.18. The Morgan fingerprint density at radius 2 is 1.56 bits per heavy atom. The molecule has 0 amide bonds. The minimum atomic E-state index is 0.379. The molecular weight excluding hydrogens is 243 g/mol. The summed E-state index contributed by atoms with van der Waals surface area (Å²) in [4.78, 5) is 7.86. The molecule has 2 rings (SSSR count). The molecule has 16 heavy (non-hydrogen) atoms. The highest BCUT2D eigenvalue weighted by molar-refractivity contribution is 6.37. The van der Waals surface area contributed by atoms with Gasteiger partial charge in [-0.1, -0.05) is 54.4 Å². The Bertz CT molecular complexity index is 475. The molecule has 0 bridgehead atoms. The summed E-state index contributed by atoms with van der Waals surface area (Å²) in [6.45, 7) is 2.11. The summed E-state index contributed by atoms with van der Waals surface area (Å²) in [5.41, 5.74) is 2.90. The van der Waals surface area contributed by atoms with E-state index in [1.165, 1.54) is 11.9 Å². The van der Waals surface area contributed by atoms with Gasteiger partial charge in [-0.15, -0.1) is 0 Å². The smallest absolute Gasteiger partial charge is 0.141 e. The molecule has 0 spiro atoms. The van der Waals surface area contributed by atoms with Crippen LogP contribution in [0.1, 0.15) is 12.5 Å². The molecule has 0 fully saturated rings. The second kappa shape index (κ2) is 4.81. The summed E-state index contributed by atoms with van der Waals surface area (Å²) in [5, 5.41) is 0.758. The minimum Gasteiger partial charge on any atom is -0.224 e. The number of aromatic nitrogens is 2. The zero-order chi connectivity index (χ0) is 11.5. The van der Waals surface area contributed by atoms with Gasteiger partial charge >= 0.3 is 0 Å². The van der Waals surface area contributed by atoms with E-state index >= 15 is 0 Å². The maximum Gasteiger partial charge on any atom is 0.141 e. The Labute approximate surface area is 104 Å². The predicted octanol–water partition coefficient (Wildman–Crippen LogP) is 4.01. The maximum absolute atomic E-state index is 6.00. The molecule has 4 heteroatoms. The lowest BCUT2D eigenvalue weighted by molar-refractivity contribution is 1.14. The Morgan fingerprint density at radius 3 is 2.06 bits per heavy atom. The fourth-order valence-corrected chi connectivity index (χ4v) is 2.02. The fraction of sp³-hybridized carbons (Fsp3) is 0.167. The highest BCUT2D eigenvalue weighted by atomic mass is 35.5. The van der Waals surface area contributed by atoms with Crippen LogP contribution in [0, 0.1) is 0 Å². The first-order valence-corrected chi connectivity index (χ1v) is 5.73. The van der Waals surface area contributed by atoms with Crippen LogP contribution < -0.4 is 0 Å². The van der Waals surface area contributed by atoms with Crippen molar-refractivity contribution < 1.29 is 0 Å². The number of hydrogen-bond acceptors (Lipinski definition) is 2. The first-order valence-electron chi connectivity index (χ1n) is 4.97. The van der Waals surface area contributed by atoms with Crippen LogP contribution in [0.5, 0.6) is 0 Å². The van der Waals surface area contributed by atoms with E-state index in [2.05, 4.69) is 29.0 Å². The van der Waals surface area contributed by atoms with Crippen molar-refractivity contribution in [3.05, 3.63) is 46.5 Å². The van der Waals surface area contributed by atoms with Crippen molar-refractivity contribution in [3.63, 3.8) is 0 Å². The summed E-state index contributed by atoms with van der Waals surface area (Å²) in [5.74, 6) is 0. The van der Waals surface area contributed by atoms with Crippen LogP contribution in [-0.4, -0.2) is 9.97 Å². The topological polar surface area (TPSA) is 25.8 Å². The number of benzene rings is 1. The molecule has 1 aromatic heterocycles. The number of hydrogen-bond donors (Lipinski definition) is 0. The highest BCUT2D eigenvalue weighted by Crippen LogP contribution is 2.31. The largest absolute Gasteiger partial charge is 0.224 e. The molecule has 0 aliphatic rings. The lowest BCUT2D eigenvalue weighted by atomic mass is 10.1. The lowest BCUT2D eigenvalue weighted by Crippen LogP contribution is -1.89. The number of rotatable bonds is 2. The molecular formula is C12H10Cl2N2. The second-order valence-electron chi connectivity index (χ2n) is 3.38. The van der Waals surface area contributed by atoms with E-state index in [0.29, 0.717) is 15.9 Å². The van der Waals surface area contributed by atoms with Gasteiger partial charge in [-0.2, -0.15) is 0 Å². The zero-order valence-electron chi connectivity index (χ0n) is 8.74. The van der Waals surface area contributed by atoms with Crippen LogP contribution in [0.3, 0.4) is 0 Å². The van der Waals surface area contributed by atoms with Crippen molar-refractivity contribution in [3.8, 4) is 11.1 Å². The van der Waals surface area contributed by atoms with Crippen molar-refractivity contribution >= 4 is 23.2 Å². The molecule has 0 saturated carbocycles. The predicted molar refractivity (Wildman–Crippen MR) is 66.9 cm³/mol. The molecule has 0 saturated heterocycles. The SMILES string of the molecule is CCc1ccc(-c2c(Cl)ncnc2Cl)cc1. The van der Waals surface area contributed by atoms with Crippen molar-refractivity contribution in [2.24, 2.45) is 0 Å². The summed E-state index contributed by atoms with van der Waals surface area (Å²) >= 11 is 12.0. The van der Waals surface area contributed by atoms with Gasteiger partial charge in [-0.25, -0.2) is 9.97 Å². The number of nitrogens with zero attached hydrogens (tertiary/aromatic N) is 2. The van der Waals surface area contributed by atoms with Crippen LogP contribution in [0.2, 0.25) is 10.3 Å². The fourth-order valence-electron chi connectivity index (χ4n) is 1.49. The molecule has 0 N–H and O–H groups in total. The van der Waals surface area contributed by atoms with E-state index in [0.717, 1.165) is 12.0 Å². The summed E-state index contributed by atoms with van der Waals surface area (Å²) in [7, 11) is 0. The van der Waals surface area contributed by atoms with Crippen LogP contribution in [0.25, 0.3) is 11.1 Å². The molecule has 0 aliphatic heterocycles. The Morgan fingerprint density at radius 1 is 1.00 bits per heavy atom. The molecule has 1 heterocycles. The lowest BCUT2D eigenvalue weighted by Gasteiger charge is -2.05. The molecule has 0 aliphatic carbocycles. The van der Waals surface area contributed by atoms with Crippen molar-refractivity contribution in [1.29, 1.82) is 0 Å². The number of halogens is 2. The van der Waals surface area contributed by atoms with Gasteiger partial charge in [0.2, 0.25) is 0 Å². The van der Waals surface area contributed by atoms with Crippen LogP contribution in [0.4, 0.5) is 0 Å². The van der Waals surface area contributed by atoms with Crippen LogP contribution in [-0.2, 0) is 6.42 Å². The van der Waals surface area contributed by atoms with E-state index in [-0.39, 0.29) is 0 Å². The van der Waals surface area contributed by atoms with Gasteiger partial charge in [-0.3, -0.25) is 0 Å². The average molecular weight is 253 g/mol. The highest BCUT2D eigenvalue weighted by Gasteiger charge is 2.10. The Hall–Kier alpha value is -1.12. The van der Waals surface area contributed by atoms with E-state index in [4.69, 9.17) is 23.2 Å². The molecule has 0 atom stereocenters. The Balaban J connectivity index is 2.50. The molecule has 0 radical (unpaired) electrons. The van der Waals surface area contributed by atoms with Gasteiger partial charge < -0.3 is 0 Å². The van der Waals surface area contributed by atoms with E-state index in [1.54, 1.807) is 0 Å². The van der Waals surface area contributed by atoms with Gasteiger partial charge in [0, 0.05) is 0 Å². The maximum atomic E-state index is 6.00. The van der Waals surface area contributed by atoms with Crippen LogP contribution >= 0.6 is 23.2 Å². The van der Waals surface area contributed by atoms with E-state index < -0.39 is 0 Å². The van der Waals surface area contributed by atoms with Gasteiger partial charge in [0.1, 0.15) is 16.6 Å². The monoisotopic (exact) mass is 252 g/mol. The average Bonchev–Trinajstić information content (AvgIpc) is 2.30. The van der Waals surface area contributed by atoms with E-state index in [9.17, 15) is 0 Å². The third-order valence-corrected chi connectivity index (χ3v) is 2.98.